The number of carbonyl (C=O) groups is 2. The summed E-state index contributed by atoms with van der Waals surface area (Å²) in [6, 6.07) is 10.7. The molecule has 1 aliphatic rings. The van der Waals surface area contributed by atoms with Crippen molar-refractivity contribution in [2.75, 3.05) is 56.2 Å². The van der Waals surface area contributed by atoms with Gasteiger partial charge in [0, 0.05) is 45.0 Å². The molecule has 0 spiro atoms. The van der Waals surface area contributed by atoms with E-state index in [4.69, 9.17) is 9.47 Å². The molecule has 9 heteroatoms. The largest absolute Gasteiger partial charge is 0.491 e. The van der Waals surface area contributed by atoms with Crippen molar-refractivity contribution in [2.24, 2.45) is 0 Å². The third kappa shape index (κ3) is 7.73. The summed E-state index contributed by atoms with van der Waals surface area (Å²) < 4.78 is 10.7. The molecular weight excluding hydrogens is 424 g/mol. The Morgan fingerprint density at radius 2 is 1.91 bits per heavy atom. The zero-order chi connectivity index (χ0) is 23.6. The van der Waals surface area contributed by atoms with Crippen LogP contribution in [0.15, 0.2) is 42.6 Å². The van der Waals surface area contributed by atoms with Crippen LogP contribution in [0.5, 0.6) is 5.75 Å². The van der Waals surface area contributed by atoms with Crippen molar-refractivity contribution < 1.29 is 24.2 Å². The second kappa shape index (κ2) is 12.2. The maximum atomic E-state index is 11.8. The average Bonchev–Trinajstić information content (AvgIpc) is 3.04. The third-order valence-corrected chi connectivity index (χ3v) is 5.26. The molecule has 1 atom stereocenters. The molecule has 0 bridgehead atoms. The van der Waals surface area contributed by atoms with E-state index in [1.807, 2.05) is 6.07 Å². The molecule has 0 saturated carbocycles. The van der Waals surface area contributed by atoms with Crippen LogP contribution in [-0.4, -0.2) is 78.9 Å². The van der Waals surface area contributed by atoms with Gasteiger partial charge in [-0.2, -0.15) is 0 Å². The van der Waals surface area contributed by atoms with Crippen LogP contribution in [0.4, 0.5) is 11.5 Å². The molecule has 2 heterocycles. The number of hydrogen-bond donors (Lipinski definition) is 2. The molecule has 1 amide bonds. The first-order chi connectivity index (χ1) is 15.9. The van der Waals surface area contributed by atoms with Crippen LogP contribution >= 0.6 is 0 Å². The number of esters is 1. The van der Waals surface area contributed by atoms with Crippen LogP contribution in [0.25, 0.3) is 0 Å². The summed E-state index contributed by atoms with van der Waals surface area (Å²) in [5, 5.41) is 13.1. The van der Waals surface area contributed by atoms with Gasteiger partial charge in [-0.3, -0.25) is 9.69 Å². The van der Waals surface area contributed by atoms with E-state index in [0.29, 0.717) is 30.2 Å². The molecule has 33 heavy (non-hydrogen) atoms. The number of aromatic nitrogens is 1. The lowest BCUT2D eigenvalue weighted by Crippen LogP contribution is -2.38. The van der Waals surface area contributed by atoms with Crippen molar-refractivity contribution in [2.45, 2.75) is 26.4 Å². The Morgan fingerprint density at radius 3 is 2.58 bits per heavy atom. The summed E-state index contributed by atoms with van der Waals surface area (Å²) in [6.07, 6.45) is 1.88. The Labute approximate surface area is 194 Å². The summed E-state index contributed by atoms with van der Waals surface area (Å²) in [7, 11) is 0. The number of rotatable bonds is 9. The number of aliphatic hydroxyl groups excluding tert-OH is 1. The minimum Gasteiger partial charge on any atom is -0.491 e. The van der Waals surface area contributed by atoms with Gasteiger partial charge < -0.3 is 24.8 Å². The maximum Gasteiger partial charge on any atom is 0.339 e. The summed E-state index contributed by atoms with van der Waals surface area (Å²) in [6.45, 7) is 7.59. The molecule has 1 aromatic heterocycles. The maximum absolute atomic E-state index is 11.8. The van der Waals surface area contributed by atoms with E-state index < -0.39 is 6.10 Å². The van der Waals surface area contributed by atoms with Gasteiger partial charge in [0.05, 0.1) is 12.2 Å². The molecular formula is C24H32N4O5. The number of amides is 1. The summed E-state index contributed by atoms with van der Waals surface area (Å²) in [4.78, 5) is 31.7. The summed E-state index contributed by atoms with van der Waals surface area (Å²) in [5.74, 6) is 0.983. The van der Waals surface area contributed by atoms with Crippen molar-refractivity contribution in [3.8, 4) is 5.75 Å². The second-order valence-corrected chi connectivity index (χ2v) is 7.94. The molecule has 1 saturated heterocycles. The molecule has 1 aliphatic heterocycles. The summed E-state index contributed by atoms with van der Waals surface area (Å²) in [5.41, 5.74) is 1.15. The number of anilines is 2. The fourth-order valence-electron chi connectivity index (χ4n) is 3.67. The highest BCUT2D eigenvalue weighted by Gasteiger charge is 2.19. The highest BCUT2D eigenvalue weighted by atomic mass is 16.5. The number of β-amino-alcohol motifs (C(OH)–C–C–N with tert-alkyl or cyclic N) is 1. The van der Waals surface area contributed by atoms with Crippen molar-refractivity contribution in [3.63, 3.8) is 0 Å². The van der Waals surface area contributed by atoms with E-state index >= 15 is 0 Å². The molecule has 178 valence electrons. The van der Waals surface area contributed by atoms with Crippen molar-refractivity contribution >= 4 is 23.4 Å². The number of nitrogens with one attached hydrogen (secondary N) is 1. The Kier molecular flexibility index (Phi) is 9.03. The predicted octanol–water partition coefficient (Wildman–Crippen LogP) is 2.17. The van der Waals surface area contributed by atoms with E-state index in [1.165, 1.54) is 6.92 Å². The smallest absolute Gasteiger partial charge is 0.339 e. The van der Waals surface area contributed by atoms with Gasteiger partial charge >= 0.3 is 5.97 Å². The first-order valence-corrected chi connectivity index (χ1v) is 11.2. The summed E-state index contributed by atoms with van der Waals surface area (Å²) >= 11 is 0. The third-order valence-electron chi connectivity index (χ3n) is 5.26. The van der Waals surface area contributed by atoms with Gasteiger partial charge in [-0.05, 0) is 56.3 Å². The Bertz CT molecular complexity index is 904. The minimum atomic E-state index is -0.617. The average molecular weight is 457 g/mol. The topological polar surface area (TPSA) is 104 Å². The highest BCUT2D eigenvalue weighted by molar-refractivity contribution is 5.89. The molecule has 3 rings (SSSR count). The molecule has 1 aromatic carbocycles. The highest BCUT2D eigenvalue weighted by Crippen LogP contribution is 2.17. The fraction of sp³-hybridized carbons (Fsp3) is 0.458. The van der Waals surface area contributed by atoms with E-state index in [9.17, 15) is 14.7 Å². The fourth-order valence-corrected chi connectivity index (χ4v) is 3.67. The lowest BCUT2D eigenvalue weighted by Gasteiger charge is -2.24. The molecule has 0 aliphatic carbocycles. The monoisotopic (exact) mass is 456 g/mol. The number of aliphatic hydroxyl groups is 1. The number of pyridine rings is 1. The lowest BCUT2D eigenvalue weighted by molar-refractivity contribution is -0.114. The zero-order valence-corrected chi connectivity index (χ0v) is 19.2. The normalized spacial score (nSPS) is 15.4. The van der Waals surface area contributed by atoms with Crippen molar-refractivity contribution in [1.82, 2.24) is 9.88 Å². The van der Waals surface area contributed by atoms with Gasteiger partial charge in [-0.1, -0.05) is 0 Å². The van der Waals surface area contributed by atoms with Crippen LogP contribution < -0.4 is 15.0 Å². The van der Waals surface area contributed by atoms with Crippen molar-refractivity contribution in [1.29, 1.82) is 0 Å². The van der Waals surface area contributed by atoms with Gasteiger partial charge in [-0.25, -0.2) is 9.78 Å². The van der Waals surface area contributed by atoms with Crippen LogP contribution in [0.1, 0.15) is 30.6 Å². The lowest BCUT2D eigenvalue weighted by atomic mass is 10.2. The van der Waals surface area contributed by atoms with Gasteiger partial charge in [0.25, 0.3) is 0 Å². The predicted molar refractivity (Wildman–Crippen MR) is 126 cm³/mol. The van der Waals surface area contributed by atoms with E-state index in [2.05, 4.69) is 20.1 Å². The standard InChI is InChI=1S/C24H32N4O5/c1-3-32-24(31)19-5-10-23(25-15-19)28-12-4-11-27(13-14-28)16-21(30)17-33-22-8-6-20(7-9-22)26-18(2)29/h5-10,15,21,30H,3-4,11-14,16-17H2,1-2H3,(H,26,29). The number of ether oxygens (including phenoxy) is 2. The molecule has 2 N–H and O–H groups in total. The first-order valence-electron chi connectivity index (χ1n) is 11.2. The quantitative estimate of drug-likeness (QED) is 0.554. The Hall–Kier alpha value is -3.17. The van der Waals surface area contributed by atoms with Crippen molar-refractivity contribution in [3.05, 3.63) is 48.2 Å². The van der Waals surface area contributed by atoms with E-state index in [0.717, 1.165) is 38.4 Å². The van der Waals surface area contributed by atoms with E-state index in [1.54, 1.807) is 43.5 Å². The van der Waals surface area contributed by atoms with Gasteiger partial charge in [0.1, 0.15) is 24.3 Å². The Morgan fingerprint density at radius 1 is 1.12 bits per heavy atom. The molecule has 9 nitrogen and oxygen atoms in total. The SMILES string of the molecule is CCOC(=O)c1ccc(N2CCCN(CC(O)COc3ccc(NC(C)=O)cc3)CC2)nc1. The van der Waals surface area contributed by atoms with Gasteiger partial charge in [0.2, 0.25) is 5.91 Å². The first kappa shape index (κ1) is 24.5. The Balaban J connectivity index is 1.43. The molecule has 2 aromatic rings. The number of carbonyl (C=O) groups excluding carboxylic acids is 2. The molecule has 0 radical (unpaired) electrons. The zero-order valence-electron chi connectivity index (χ0n) is 19.2. The number of hydrogen-bond acceptors (Lipinski definition) is 8. The number of benzene rings is 1. The minimum absolute atomic E-state index is 0.125. The van der Waals surface area contributed by atoms with Crippen LogP contribution in [0.2, 0.25) is 0 Å². The second-order valence-electron chi connectivity index (χ2n) is 7.94. The van der Waals surface area contributed by atoms with Gasteiger partial charge in [0.15, 0.2) is 0 Å². The van der Waals surface area contributed by atoms with Crippen LogP contribution in [0.3, 0.4) is 0 Å². The van der Waals surface area contributed by atoms with Gasteiger partial charge in [-0.15, -0.1) is 0 Å². The van der Waals surface area contributed by atoms with Crippen LogP contribution in [0, 0.1) is 0 Å². The number of nitrogens with zero attached hydrogens (tertiary/aromatic N) is 3. The molecule has 1 fully saturated rings. The van der Waals surface area contributed by atoms with E-state index in [-0.39, 0.29) is 18.5 Å². The molecule has 1 unspecified atom stereocenters. The van der Waals surface area contributed by atoms with Crippen LogP contribution in [-0.2, 0) is 9.53 Å².